The summed E-state index contributed by atoms with van der Waals surface area (Å²) in [5.41, 5.74) is 8.86. The third-order valence-corrected chi connectivity index (χ3v) is 23.5. The number of esters is 1. The Labute approximate surface area is 654 Å². The molecule has 25 nitrogen and oxygen atoms in total. The van der Waals surface area contributed by atoms with Crippen molar-refractivity contribution >= 4 is 113 Å². The summed E-state index contributed by atoms with van der Waals surface area (Å²) in [6, 6.07) is 43.8. The summed E-state index contributed by atoms with van der Waals surface area (Å²) in [6.07, 6.45) is 11.9. The van der Waals surface area contributed by atoms with Crippen LogP contribution in [0.25, 0.3) is 11.1 Å². The molecule has 592 valence electrons. The van der Waals surface area contributed by atoms with Gasteiger partial charge in [-0.05, 0) is 196 Å². The molecule has 2 aromatic heterocycles. The molecule has 4 amide bonds. The number of rotatable bonds is 20. The Bertz CT molecular complexity index is 5180. The molecule has 4 heterocycles. The van der Waals surface area contributed by atoms with E-state index in [2.05, 4.69) is 30.9 Å². The molecule has 4 bridgehead atoms. The first kappa shape index (κ1) is 82.7. The molecule has 7 unspecified atom stereocenters. The molecule has 8 aromatic rings. The second-order valence-electron chi connectivity index (χ2n) is 29.2. The fourth-order valence-electron chi connectivity index (χ4n) is 15.8. The van der Waals surface area contributed by atoms with Crippen molar-refractivity contribution in [2.75, 3.05) is 65.0 Å². The molecule has 2 aliphatic heterocycles. The number of nitrogens with one attached hydrogen (secondary N) is 3. The van der Waals surface area contributed by atoms with E-state index < -0.39 is 43.2 Å². The van der Waals surface area contributed by atoms with Gasteiger partial charge in [0.2, 0.25) is 27.7 Å². The summed E-state index contributed by atoms with van der Waals surface area (Å²) < 4.78 is 82.4. The molecule has 5 aliphatic carbocycles. The summed E-state index contributed by atoms with van der Waals surface area (Å²) in [7, 11) is -3.71. The van der Waals surface area contributed by atoms with E-state index >= 15 is 0 Å². The van der Waals surface area contributed by atoms with Crippen molar-refractivity contribution in [3.8, 4) is 11.1 Å². The van der Waals surface area contributed by atoms with Crippen LogP contribution in [0.2, 0.25) is 0 Å². The number of halogens is 2. The molecule has 15 rings (SSSR count). The number of carbonyl (C=O) groups excluding carboxylic acids is 9. The molecule has 0 saturated heterocycles. The second-order valence-corrected chi connectivity index (χ2v) is 33.0. The van der Waals surface area contributed by atoms with E-state index in [9.17, 15) is 68.8 Å². The largest absolute Gasteiger partial charge is 0.458 e. The molecule has 6 aromatic carbocycles. The zero-order chi connectivity index (χ0) is 81.1. The van der Waals surface area contributed by atoms with E-state index in [4.69, 9.17) is 14.6 Å². The fourth-order valence-corrected chi connectivity index (χ4v) is 17.0. The first-order valence-corrected chi connectivity index (χ1v) is 41.0. The van der Waals surface area contributed by atoms with E-state index in [-0.39, 0.29) is 119 Å². The lowest BCUT2D eigenvalue weighted by atomic mass is 9.75. The number of nitrogens with zero attached hydrogens (tertiary/aromatic N) is 6. The van der Waals surface area contributed by atoms with Crippen LogP contribution < -0.4 is 30.9 Å². The number of nitrogens with two attached hydrogens (primary N) is 1. The van der Waals surface area contributed by atoms with Crippen molar-refractivity contribution < 1.29 is 78.2 Å². The minimum Gasteiger partial charge on any atom is -0.458 e. The number of methoxy groups -OCH3 is 1. The molecule has 5 N–H and O–H groups in total. The number of sulfone groups is 1. The zero-order valence-electron chi connectivity index (χ0n) is 63.5. The Balaban J connectivity index is 0.000000141. The highest BCUT2D eigenvalue weighted by molar-refractivity contribution is 7.90. The van der Waals surface area contributed by atoms with Crippen LogP contribution in [0.5, 0.6) is 0 Å². The fraction of sp³-hybridized carbons (Fsp3) is 0.357. The topological polar surface area (TPSA) is 351 Å². The number of sulfonamides is 1. The lowest BCUT2D eigenvalue weighted by Crippen LogP contribution is -2.44. The maximum absolute atomic E-state index is 14.6. The van der Waals surface area contributed by atoms with E-state index in [0.29, 0.717) is 85.5 Å². The molecule has 29 heteroatoms. The number of ketones is 4. The number of amides is 4. The SMILES string of the molecule is CC(=O)c1cccc(-c2ccc(Nc3ccc(F)cc3)cc2)c1.CCC(=O)C1CC2(CC(=O)N3CC(=O)Nc4ncncc43)CCC1C2=O.CCN(C(=O)OC)C1CCc2cc(F)c(C(=O)OC3CC4CCC3C4)cc21.CN1C(=O)Cc2nc(Nc3cccc(S(C)(=O)=O)c3)ccc21.NS(=O)(=O)CCC(=O)Cc1ccccc1. The lowest BCUT2D eigenvalue weighted by Gasteiger charge is -2.32. The van der Waals surface area contributed by atoms with Crippen molar-refractivity contribution in [1.82, 2.24) is 19.9 Å². The van der Waals surface area contributed by atoms with Gasteiger partial charge in [0, 0.05) is 85.4 Å². The average Bonchev–Trinajstić information content (AvgIpc) is 1.58. The number of hydrogen-bond acceptors (Lipinski definition) is 20. The molecule has 7 aliphatic rings. The smallest absolute Gasteiger partial charge is 0.409 e. The van der Waals surface area contributed by atoms with Crippen molar-refractivity contribution in [2.45, 2.75) is 128 Å². The van der Waals surface area contributed by atoms with Gasteiger partial charge in [0.05, 0.1) is 53.4 Å². The van der Waals surface area contributed by atoms with Crippen LogP contribution in [0.3, 0.4) is 0 Å². The maximum Gasteiger partial charge on any atom is 0.409 e. The summed E-state index contributed by atoms with van der Waals surface area (Å²) in [4.78, 5) is 126. The van der Waals surface area contributed by atoms with Crippen LogP contribution in [-0.2, 0) is 77.4 Å². The van der Waals surface area contributed by atoms with Crippen molar-refractivity contribution in [3.63, 3.8) is 0 Å². The van der Waals surface area contributed by atoms with E-state index in [1.165, 1.54) is 55.4 Å². The lowest BCUT2D eigenvalue weighted by molar-refractivity contribution is -0.131. The number of carbonyl (C=O) groups is 9. The Morgan fingerprint density at radius 2 is 1.50 bits per heavy atom. The molecular weight excluding hydrogens is 1490 g/mol. The molecule has 4 fully saturated rings. The molecule has 0 spiro atoms. The summed E-state index contributed by atoms with van der Waals surface area (Å²) in [5.74, 6) is -0.719. The number of pyridine rings is 1. The number of ether oxygens (including phenoxy) is 2. The van der Waals surface area contributed by atoms with E-state index in [1.807, 2.05) is 91.9 Å². The molecule has 0 radical (unpaired) electrons. The van der Waals surface area contributed by atoms with E-state index in [0.717, 1.165) is 69.8 Å². The molecule has 113 heavy (non-hydrogen) atoms. The van der Waals surface area contributed by atoms with Gasteiger partial charge in [-0.2, -0.15) is 0 Å². The van der Waals surface area contributed by atoms with Crippen molar-refractivity contribution in [3.05, 3.63) is 209 Å². The highest BCUT2D eigenvalue weighted by Crippen LogP contribution is 2.57. The number of aryl methyl sites for hydroxylation is 1. The minimum absolute atomic E-state index is 0.0127. The quantitative estimate of drug-likeness (QED) is 0.0407. The third-order valence-electron chi connectivity index (χ3n) is 21.6. The number of fused-ring (bicyclic) bond motifs is 7. The second kappa shape index (κ2) is 36.0. The minimum atomic E-state index is -3.53. The van der Waals surface area contributed by atoms with Crippen molar-refractivity contribution in [1.29, 1.82) is 0 Å². The first-order valence-electron chi connectivity index (χ1n) is 37.4. The van der Waals surface area contributed by atoms with Gasteiger partial charge in [-0.25, -0.2) is 55.3 Å². The van der Waals surface area contributed by atoms with Crippen LogP contribution >= 0.6 is 0 Å². The predicted octanol–water partition coefficient (Wildman–Crippen LogP) is 13.0. The number of Topliss-reactive ketones (excluding diaryl/α,β-unsaturated/α-hetero) is 4. The van der Waals surface area contributed by atoms with Crippen LogP contribution in [-0.4, -0.2) is 135 Å². The van der Waals surface area contributed by atoms with Gasteiger partial charge < -0.3 is 35.2 Å². The highest BCUT2D eigenvalue weighted by atomic mass is 32.2. The normalized spacial score (nSPS) is 19.8. The van der Waals surface area contributed by atoms with Gasteiger partial charge in [-0.1, -0.05) is 73.7 Å². The zero-order valence-corrected chi connectivity index (χ0v) is 65.2. The number of primary sulfonamides is 1. The van der Waals surface area contributed by atoms with Gasteiger partial charge in [0.1, 0.15) is 59.5 Å². The average molecular weight is 1580 g/mol. The van der Waals surface area contributed by atoms with Crippen LogP contribution in [0.4, 0.5) is 53.6 Å². The third kappa shape index (κ3) is 20.5. The number of hydrogen-bond donors (Lipinski definition) is 4. The Morgan fingerprint density at radius 3 is 2.17 bits per heavy atom. The summed E-state index contributed by atoms with van der Waals surface area (Å²) >= 11 is 0. The Hall–Kier alpha value is -11.3. The van der Waals surface area contributed by atoms with Crippen molar-refractivity contribution in [2.24, 2.45) is 34.2 Å². The van der Waals surface area contributed by atoms with Crippen LogP contribution in [0, 0.1) is 40.7 Å². The van der Waals surface area contributed by atoms with Crippen LogP contribution in [0.15, 0.2) is 169 Å². The van der Waals surface area contributed by atoms with Gasteiger partial charge in [-0.15, -0.1) is 0 Å². The first-order chi connectivity index (χ1) is 53.9. The number of anilines is 7. The molecule has 4 saturated carbocycles. The van der Waals surface area contributed by atoms with Crippen LogP contribution in [0.1, 0.15) is 141 Å². The van der Waals surface area contributed by atoms with E-state index in [1.54, 1.807) is 79.2 Å². The van der Waals surface area contributed by atoms with Gasteiger partial charge >= 0.3 is 12.1 Å². The highest BCUT2D eigenvalue weighted by Gasteiger charge is 2.60. The summed E-state index contributed by atoms with van der Waals surface area (Å²) in [5, 5.41) is 13.7. The van der Waals surface area contributed by atoms with Gasteiger partial charge in [-0.3, -0.25) is 38.5 Å². The standard InChI is InChI=1S/C21H26FNO4.C20H16FNO.C18H20N4O4.C15H15N3O3S.C10H13NO3S/c1-3-23(21(25)26-2)18-7-6-13-10-17(22)16(11-15(13)18)20(24)27-19-9-12-4-5-14(19)8-12;1-14(23)16-3-2-4-17(13-16)15-5-9-19(10-6-15)22-20-11-7-18(21)8-12-20;1-2-13(23)11-5-18(4-3-10(11)16(18)26)6-15(25)22-8-14(24)21-17-12(22)7-19-9-20-17;1-18-13-6-7-14(17-12(13)9-15(18)19)16-10-4-3-5-11(8-10)22(2,20)21;11-15(13,14)7-6-10(12)8-9-4-2-1-3-5-9/h10-12,14,18-19H,3-9H2,1-2H3;2-13,22H,1H3;7,9-11H,2-6,8H2,1H3,(H,19,20,21,24);3-8H,9H2,1-2H3,(H,16,17);1-5H,6-8H2,(H2,11,13,14). The van der Waals surface area contributed by atoms with Gasteiger partial charge in [0.15, 0.2) is 21.4 Å². The monoisotopic (exact) mass is 1580 g/mol. The van der Waals surface area contributed by atoms with Gasteiger partial charge in [0.25, 0.3) is 0 Å². The molecular formula is C84H90F2N10O15S2. The number of aromatic nitrogens is 3. The Morgan fingerprint density at radius 1 is 0.779 bits per heavy atom. The Kier molecular flexibility index (Phi) is 26.3. The number of benzene rings is 6. The predicted molar refractivity (Wildman–Crippen MR) is 422 cm³/mol. The summed E-state index contributed by atoms with van der Waals surface area (Å²) in [6.45, 7) is 5.61. The number of likely N-dealkylation sites (N-methyl/N-ethyl adjacent to an activating group) is 1. The molecule has 7 atom stereocenters. The maximum atomic E-state index is 14.6.